The summed E-state index contributed by atoms with van der Waals surface area (Å²) in [4.78, 5) is 2.41. The van der Waals surface area contributed by atoms with Gasteiger partial charge in [0.15, 0.2) is 0 Å². The van der Waals surface area contributed by atoms with Crippen LogP contribution in [-0.4, -0.2) is 31.1 Å². The Kier molecular flexibility index (Phi) is 3.53. The van der Waals surface area contributed by atoms with Gasteiger partial charge in [0.05, 0.1) is 0 Å². The Labute approximate surface area is 76.1 Å². The minimum absolute atomic E-state index is 0.647. The molecule has 0 aromatic heterocycles. The molecule has 0 radical (unpaired) electrons. The highest BCUT2D eigenvalue weighted by atomic mass is 15.2. The lowest BCUT2D eigenvalue weighted by Crippen LogP contribution is -2.31. The van der Waals surface area contributed by atoms with Crippen molar-refractivity contribution in [3.63, 3.8) is 0 Å². The van der Waals surface area contributed by atoms with Crippen LogP contribution in [0.4, 0.5) is 0 Å². The molecule has 0 bridgehead atoms. The first-order chi connectivity index (χ1) is 5.63. The molecule has 2 heteroatoms. The number of nitrogens with zero attached hydrogens (tertiary/aromatic N) is 1. The summed E-state index contributed by atoms with van der Waals surface area (Å²) in [5, 5.41) is 0. The molecule has 0 aromatic rings. The van der Waals surface area contributed by atoms with Gasteiger partial charge in [-0.2, -0.15) is 0 Å². The van der Waals surface area contributed by atoms with Gasteiger partial charge in [-0.3, -0.25) is 0 Å². The molecule has 1 rings (SSSR count). The van der Waals surface area contributed by atoms with Crippen LogP contribution < -0.4 is 5.73 Å². The van der Waals surface area contributed by atoms with Crippen molar-refractivity contribution in [1.29, 1.82) is 0 Å². The van der Waals surface area contributed by atoms with E-state index >= 15 is 0 Å². The van der Waals surface area contributed by atoms with E-state index in [1.165, 1.54) is 19.4 Å². The van der Waals surface area contributed by atoms with E-state index in [2.05, 4.69) is 25.8 Å². The molecule has 0 amide bonds. The highest BCUT2D eigenvalue weighted by Gasteiger charge is 2.28. The van der Waals surface area contributed by atoms with Crippen molar-refractivity contribution >= 4 is 0 Å². The largest absolute Gasteiger partial charge is 0.329 e. The molecule has 1 aliphatic heterocycles. The minimum Gasteiger partial charge on any atom is -0.329 e. The monoisotopic (exact) mass is 170 g/mol. The molecule has 2 nitrogen and oxygen atoms in total. The van der Waals surface area contributed by atoms with Crippen LogP contribution >= 0.6 is 0 Å². The third-order valence-electron chi connectivity index (χ3n) is 2.85. The first-order valence-corrected chi connectivity index (χ1v) is 5.03. The maximum Gasteiger partial charge on any atom is 0.0218 e. The first-order valence-electron chi connectivity index (χ1n) is 5.03. The number of likely N-dealkylation sites (tertiary alicyclic amines) is 1. The summed E-state index contributed by atoms with van der Waals surface area (Å²) in [6, 6.07) is 0.647. The molecule has 1 aliphatic rings. The predicted molar refractivity (Wildman–Crippen MR) is 53.0 cm³/mol. The number of hydrogen-bond acceptors (Lipinski definition) is 2. The molecule has 1 fully saturated rings. The standard InChI is InChI=1S/C10H22N2/c1-8(2)4-9-5-10(6-11)12(3)7-9/h8-10H,4-7,11H2,1-3H3. The van der Waals surface area contributed by atoms with Crippen molar-refractivity contribution in [2.24, 2.45) is 17.6 Å². The summed E-state index contributed by atoms with van der Waals surface area (Å²) in [6.07, 6.45) is 2.67. The van der Waals surface area contributed by atoms with Crippen LogP contribution in [0, 0.1) is 11.8 Å². The average Bonchev–Trinajstić information content (AvgIpc) is 2.29. The third kappa shape index (κ3) is 2.46. The fourth-order valence-corrected chi connectivity index (χ4v) is 2.31. The van der Waals surface area contributed by atoms with Gasteiger partial charge in [-0.05, 0) is 31.7 Å². The average molecular weight is 170 g/mol. The van der Waals surface area contributed by atoms with Crippen molar-refractivity contribution in [2.45, 2.75) is 32.7 Å². The van der Waals surface area contributed by atoms with Gasteiger partial charge >= 0.3 is 0 Å². The molecular weight excluding hydrogens is 148 g/mol. The Morgan fingerprint density at radius 2 is 2.17 bits per heavy atom. The third-order valence-corrected chi connectivity index (χ3v) is 2.85. The van der Waals surface area contributed by atoms with E-state index in [4.69, 9.17) is 5.73 Å². The smallest absolute Gasteiger partial charge is 0.0218 e. The first kappa shape index (κ1) is 10.0. The van der Waals surface area contributed by atoms with Crippen molar-refractivity contribution in [1.82, 2.24) is 4.90 Å². The van der Waals surface area contributed by atoms with E-state index in [9.17, 15) is 0 Å². The Hall–Kier alpha value is -0.0800. The maximum atomic E-state index is 5.68. The summed E-state index contributed by atoms with van der Waals surface area (Å²) in [5.41, 5.74) is 5.68. The Morgan fingerprint density at radius 3 is 2.58 bits per heavy atom. The zero-order chi connectivity index (χ0) is 9.14. The van der Waals surface area contributed by atoms with E-state index in [0.717, 1.165) is 18.4 Å². The number of rotatable bonds is 3. The molecule has 72 valence electrons. The molecule has 2 N–H and O–H groups in total. The molecular formula is C10H22N2. The van der Waals surface area contributed by atoms with Crippen LogP contribution in [-0.2, 0) is 0 Å². The van der Waals surface area contributed by atoms with Crippen molar-refractivity contribution in [3.05, 3.63) is 0 Å². The van der Waals surface area contributed by atoms with Crippen LogP contribution in [0.5, 0.6) is 0 Å². The summed E-state index contributed by atoms with van der Waals surface area (Å²) < 4.78 is 0. The molecule has 0 spiro atoms. The maximum absolute atomic E-state index is 5.68. The number of nitrogens with two attached hydrogens (primary N) is 1. The van der Waals surface area contributed by atoms with Crippen molar-refractivity contribution in [2.75, 3.05) is 20.1 Å². The van der Waals surface area contributed by atoms with Gasteiger partial charge in [0.2, 0.25) is 0 Å². The fraction of sp³-hybridized carbons (Fsp3) is 1.00. The second-order valence-electron chi connectivity index (χ2n) is 4.56. The van der Waals surface area contributed by atoms with Crippen LogP contribution in [0.25, 0.3) is 0 Å². The van der Waals surface area contributed by atoms with E-state index in [0.29, 0.717) is 6.04 Å². The highest BCUT2D eigenvalue weighted by Crippen LogP contribution is 2.26. The van der Waals surface area contributed by atoms with Gasteiger partial charge in [-0.15, -0.1) is 0 Å². The van der Waals surface area contributed by atoms with E-state index in [-0.39, 0.29) is 0 Å². The predicted octanol–water partition coefficient (Wildman–Crippen LogP) is 1.31. The Morgan fingerprint density at radius 1 is 1.50 bits per heavy atom. The van der Waals surface area contributed by atoms with Gasteiger partial charge in [-0.25, -0.2) is 0 Å². The van der Waals surface area contributed by atoms with Crippen molar-refractivity contribution < 1.29 is 0 Å². The molecule has 1 heterocycles. The Bertz CT molecular complexity index is 134. The van der Waals surface area contributed by atoms with E-state index in [1.54, 1.807) is 0 Å². The minimum atomic E-state index is 0.647. The summed E-state index contributed by atoms with van der Waals surface area (Å²) in [6.45, 7) is 6.68. The second-order valence-corrected chi connectivity index (χ2v) is 4.56. The molecule has 2 atom stereocenters. The van der Waals surface area contributed by atoms with Crippen LogP contribution in [0.2, 0.25) is 0 Å². The zero-order valence-electron chi connectivity index (χ0n) is 8.59. The molecule has 0 aliphatic carbocycles. The van der Waals surface area contributed by atoms with Crippen LogP contribution in [0.15, 0.2) is 0 Å². The highest BCUT2D eigenvalue weighted by molar-refractivity contribution is 4.83. The number of hydrogen-bond donors (Lipinski definition) is 1. The van der Waals surface area contributed by atoms with Gasteiger partial charge < -0.3 is 10.6 Å². The second kappa shape index (κ2) is 4.24. The van der Waals surface area contributed by atoms with Gasteiger partial charge in [-0.1, -0.05) is 13.8 Å². The van der Waals surface area contributed by atoms with E-state index < -0.39 is 0 Å². The summed E-state index contributed by atoms with van der Waals surface area (Å²) in [5.74, 6) is 1.73. The fourth-order valence-electron chi connectivity index (χ4n) is 2.31. The van der Waals surface area contributed by atoms with Crippen LogP contribution in [0.1, 0.15) is 26.7 Å². The molecule has 0 saturated carbocycles. The lowest BCUT2D eigenvalue weighted by atomic mass is 9.95. The quantitative estimate of drug-likeness (QED) is 0.692. The van der Waals surface area contributed by atoms with Crippen molar-refractivity contribution in [3.8, 4) is 0 Å². The Balaban J connectivity index is 2.33. The van der Waals surface area contributed by atoms with Gasteiger partial charge in [0, 0.05) is 19.1 Å². The number of likely N-dealkylation sites (N-methyl/N-ethyl adjacent to an activating group) is 1. The topological polar surface area (TPSA) is 29.3 Å². The zero-order valence-corrected chi connectivity index (χ0v) is 8.59. The van der Waals surface area contributed by atoms with Crippen LogP contribution in [0.3, 0.4) is 0 Å². The van der Waals surface area contributed by atoms with Gasteiger partial charge in [0.1, 0.15) is 0 Å². The molecule has 12 heavy (non-hydrogen) atoms. The summed E-state index contributed by atoms with van der Waals surface area (Å²) >= 11 is 0. The lowest BCUT2D eigenvalue weighted by molar-refractivity contribution is 0.309. The molecule has 1 saturated heterocycles. The normalized spacial score (nSPS) is 31.8. The van der Waals surface area contributed by atoms with Gasteiger partial charge in [0.25, 0.3) is 0 Å². The molecule has 0 aromatic carbocycles. The molecule has 2 unspecified atom stereocenters. The SMILES string of the molecule is CC(C)CC1CC(CN)N(C)C1. The summed E-state index contributed by atoms with van der Waals surface area (Å²) in [7, 11) is 2.19. The van der Waals surface area contributed by atoms with E-state index in [1.807, 2.05) is 0 Å². The lowest BCUT2D eigenvalue weighted by Gasteiger charge is -2.15.